The molecule has 0 unspecified atom stereocenters. The molecule has 1 N–H and O–H groups in total. The highest BCUT2D eigenvalue weighted by Crippen LogP contribution is 2.26. The zero-order valence-corrected chi connectivity index (χ0v) is 9.58. The van der Waals surface area contributed by atoms with Crippen molar-refractivity contribution < 1.29 is 23.4 Å². The van der Waals surface area contributed by atoms with Crippen molar-refractivity contribution >= 4 is 17.6 Å². The maximum atomic E-state index is 12.1. The highest BCUT2D eigenvalue weighted by atomic mass is 35.5. The number of benzene rings is 1. The average Bonchev–Trinajstić information content (AvgIpc) is 2.21. The van der Waals surface area contributed by atoms with Gasteiger partial charge in [-0.2, -0.15) is 8.78 Å². The van der Waals surface area contributed by atoms with E-state index in [9.17, 15) is 13.6 Å². The van der Waals surface area contributed by atoms with Gasteiger partial charge in [0, 0.05) is 11.4 Å². The van der Waals surface area contributed by atoms with Gasteiger partial charge in [-0.15, -0.1) is 0 Å². The van der Waals surface area contributed by atoms with Gasteiger partial charge in [0.1, 0.15) is 5.75 Å². The van der Waals surface area contributed by atoms with Crippen LogP contribution in [-0.4, -0.2) is 17.7 Å². The lowest BCUT2D eigenvalue weighted by molar-refractivity contribution is -0.137. The second-order valence-electron chi connectivity index (χ2n) is 3.38. The van der Waals surface area contributed by atoms with Crippen LogP contribution in [0.3, 0.4) is 0 Å². The Balaban J connectivity index is 2.72. The zero-order chi connectivity index (χ0) is 12.8. The van der Waals surface area contributed by atoms with Gasteiger partial charge in [0.25, 0.3) is 0 Å². The Bertz CT molecular complexity index is 396. The molecule has 0 spiro atoms. The fourth-order valence-electron chi connectivity index (χ4n) is 1.38. The van der Waals surface area contributed by atoms with Crippen LogP contribution in [0.5, 0.6) is 5.75 Å². The van der Waals surface area contributed by atoms with Gasteiger partial charge in [-0.05, 0) is 36.6 Å². The molecule has 1 rings (SSSR count). The summed E-state index contributed by atoms with van der Waals surface area (Å²) in [5.41, 5.74) is 0.485. The van der Waals surface area contributed by atoms with Gasteiger partial charge in [0.15, 0.2) is 0 Å². The van der Waals surface area contributed by atoms with Crippen molar-refractivity contribution in [1.82, 2.24) is 0 Å². The number of aryl methyl sites for hydroxylation is 1. The van der Waals surface area contributed by atoms with Crippen molar-refractivity contribution in [2.75, 3.05) is 0 Å². The molecular formula is C11H11ClF2O3. The number of carbonyl (C=O) groups is 1. The predicted molar refractivity (Wildman–Crippen MR) is 58.7 cm³/mol. The monoisotopic (exact) mass is 264 g/mol. The molecule has 0 saturated heterocycles. The van der Waals surface area contributed by atoms with Gasteiger partial charge in [0.05, 0.1) is 0 Å². The maximum Gasteiger partial charge on any atom is 0.387 e. The van der Waals surface area contributed by atoms with Crippen molar-refractivity contribution in [1.29, 1.82) is 0 Å². The van der Waals surface area contributed by atoms with Crippen LogP contribution in [0.15, 0.2) is 18.2 Å². The smallest absolute Gasteiger partial charge is 0.387 e. The standard InChI is InChI=1S/C11H11ClF2O3/c12-8-4-5-9(17-11(13)14)7(6-8)2-1-3-10(15)16/h4-6,11H,1-3H2,(H,15,16). The van der Waals surface area contributed by atoms with Gasteiger partial charge >= 0.3 is 12.6 Å². The molecule has 0 aliphatic rings. The fraction of sp³-hybridized carbons (Fsp3) is 0.364. The Morgan fingerprint density at radius 2 is 2.18 bits per heavy atom. The van der Waals surface area contributed by atoms with Crippen molar-refractivity contribution in [3.8, 4) is 5.75 Å². The van der Waals surface area contributed by atoms with Crippen LogP contribution < -0.4 is 4.74 Å². The summed E-state index contributed by atoms with van der Waals surface area (Å²) < 4.78 is 28.5. The van der Waals surface area contributed by atoms with Gasteiger partial charge < -0.3 is 9.84 Å². The molecule has 1 aromatic rings. The third-order valence-corrected chi connectivity index (χ3v) is 2.31. The van der Waals surface area contributed by atoms with E-state index in [-0.39, 0.29) is 12.2 Å². The molecule has 17 heavy (non-hydrogen) atoms. The van der Waals surface area contributed by atoms with E-state index in [0.29, 0.717) is 23.4 Å². The van der Waals surface area contributed by atoms with E-state index in [2.05, 4.69) is 4.74 Å². The summed E-state index contributed by atoms with van der Waals surface area (Å²) in [6, 6.07) is 4.30. The summed E-state index contributed by atoms with van der Waals surface area (Å²) in [7, 11) is 0. The lowest BCUT2D eigenvalue weighted by Gasteiger charge is -2.10. The molecule has 6 heteroatoms. The number of ether oxygens (including phenoxy) is 1. The van der Waals surface area contributed by atoms with Crippen molar-refractivity contribution in [3.63, 3.8) is 0 Å². The lowest BCUT2D eigenvalue weighted by Crippen LogP contribution is -2.05. The predicted octanol–water partition coefficient (Wildman–Crippen LogP) is 3.35. The summed E-state index contributed by atoms with van der Waals surface area (Å²) in [5.74, 6) is -0.891. The van der Waals surface area contributed by atoms with Crippen LogP contribution in [0.2, 0.25) is 5.02 Å². The van der Waals surface area contributed by atoms with Crippen LogP contribution in [-0.2, 0) is 11.2 Å². The first-order valence-corrected chi connectivity index (χ1v) is 5.32. The summed E-state index contributed by atoms with van der Waals surface area (Å²) in [5, 5.41) is 8.88. The number of alkyl halides is 2. The molecule has 0 aliphatic carbocycles. The Hall–Kier alpha value is -1.36. The number of carboxylic acid groups (broad SMARTS) is 1. The van der Waals surface area contributed by atoms with Crippen molar-refractivity contribution in [2.45, 2.75) is 25.9 Å². The topological polar surface area (TPSA) is 46.5 Å². The Labute approximate surface area is 102 Å². The molecular weight excluding hydrogens is 254 g/mol. The molecule has 0 aliphatic heterocycles. The van der Waals surface area contributed by atoms with Crippen LogP contribution in [0.4, 0.5) is 8.78 Å². The second-order valence-corrected chi connectivity index (χ2v) is 3.81. The van der Waals surface area contributed by atoms with E-state index in [0.717, 1.165) is 0 Å². The minimum absolute atomic E-state index is 0.0272. The Kier molecular flexibility index (Phi) is 5.15. The van der Waals surface area contributed by atoms with Gasteiger partial charge in [-0.3, -0.25) is 4.79 Å². The van der Waals surface area contributed by atoms with Gasteiger partial charge in [-0.1, -0.05) is 11.6 Å². The first-order valence-electron chi connectivity index (χ1n) is 4.94. The first kappa shape index (κ1) is 13.7. The van der Waals surface area contributed by atoms with E-state index in [4.69, 9.17) is 16.7 Å². The number of aliphatic carboxylic acids is 1. The maximum absolute atomic E-state index is 12.1. The molecule has 1 aromatic carbocycles. The fourth-order valence-corrected chi connectivity index (χ4v) is 1.58. The quantitative estimate of drug-likeness (QED) is 0.857. The second kappa shape index (κ2) is 6.39. The number of halogens is 3. The lowest BCUT2D eigenvalue weighted by atomic mass is 10.1. The molecule has 3 nitrogen and oxygen atoms in total. The van der Waals surface area contributed by atoms with Crippen molar-refractivity contribution in [3.05, 3.63) is 28.8 Å². The highest BCUT2D eigenvalue weighted by Gasteiger charge is 2.10. The van der Waals surface area contributed by atoms with Crippen LogP contribution in [0, 0.1) is 0 Å². The molecule has 0 amide bonds. The molecule has 0 bridgehead atoms. The average molecular weight is 265 g/mol. The summed E-state index contributed by atoms with van der Waals surface area (Å²) in [6.45, 7) is -2.91. The number of carboxylic acids is 1. The number of hydrogen-bond acceptors (Lipinski definition) is 2. The molecule has 0 saturated carbocycles. The van der Waals surface area contributed by atoms with Gasteiger partial charge in [0.2, 0.25) is 0 Å². The van der Waals surface area contributed by atoms with Crippen LogP contribution >= 0.6 is 11.6 Å². The molecule has 0 radical (unpaired) electrons. The first-order chi connectivity index (χ1) is 7.99. The van der Waals surface area contributed by atoms with E-state index in [1.165, 1.54) is 18.2 Å². The molecule has 0 fully saturated rings. The molecule has 0 atom stereocenters. The van der Waals surface area contributed by atoms with Crippen LogP contribution in [0.25, 0.3) is 0 Å². The van der Waals surface area contributed by atoms with Crippen LogP contribution in [0.1, 0.15) is 18.4 Å². The Morgan fingerprint density at radius 1 is 1.47 bits per heavy atom. The molecule has 94 valence electrons. The zero-order valence-electron chi connectivity index (χ0n) is 8.83. The number of rotatable bonds is 6. The normalized spacial score (nSPS) is 10.6. The summed E-state index contributed by atoms with van der Waals surface area (Å²) >= 11 is 5.74. The summed E-state index contributed by atoms with van der Waals surface area (Å²) in [6.07, 6.45) is 0.644. The Morgan fingerprint density at radius 3 is 2.76 bits per heavy atom. The third-order valence-electron chi connectivity index (χ3n) is 2.08. The van der Waals surface area contributed by atoms with Gasteiger partial charge in [-0.25, -0.2) is 0 Å². The number of hydrogen-bond donors (Lipinski definition) is 1. The minimum atomic E-state index is -2.91. The highest BCUT2D eigenvalue weighted by molar-refractivity contribution is 6.30. The van der Waals surface area contributed by atoms with E-state index < -0.39 is 12.6 Å². The molecule has 0 aromatic heterocycles. The third kappa shape index (κ3) is 4.99. The summed E-state index contributed by atoms with van der Waals surface area (Å²) in [4.78, 5) is 10.3. The van der Waals surface area contributed by atoms with E-state index in [1.54, 1.807) is 0 Å². The molecule has 0 heterocycles. The SMILES string of the molecule is O=C(O)CCCc1cc(Cl)ccc1OC(F)F. The van der Waals surface area contributed by atoms with E-state index in [1.807, 2.05) is 0 Å². The van der Waals surface area contributed by atoms with E-state index >= 15 is 0 Å². The van der Waals surface area contributed by atoms with Crippen molar-refractivity contribution in [2.24, 2.45) is 0 Å². The minimum Gasteiger partial charge on any atom is -0.481 e. The largest absolute Gasteiger partial charge is 0.481 e.